The summed E-state index contributed by atoms with van der Waals surface area (Å²) in [6.07, 6.45) is -4.54. The van der Waals surface area contributed by atoms with Crippen LogP contribution in [0.3, 0.4) is 0 Å². The number of nitrogens with one attached hydrogen (secondary N) is 1. The van der Waals surface area contributed by atoms with Gasteiger partial charge in [-0.3, -0.25) is 0 Å². The Hall–Kier alpha value is -0.670. The number of rotatable bonds is 10. The van der Waals surface area contributed by atoms with E-state index in [1.165, 1.54) is 0 Å². The second-order valence-corrected chi connectivity index (χ2v) is 5.34. The van der Waals surface area contributed by atoms with Gasteiger partial charge in [0, 0.05) is 24.4 Å². The van der Waals surface area contributed by atoms with Crippen LogP contribution < -0.4 is 5.32 Å². The van der Waals surface area contributed by atoms with Crippen molar-refractivity contribution in [2.45, 2.75) is 32.0 Å². The van der Waals surface area contributed by atoms with Crippen LogP contribution in [0.4, 0.5) is 8.78 Å². The molecule has 0 saturated heterocycles. The largest absolute Gasteiger partial charge is 0.389 e. The maximum atomic E-state index is 12.0. The number of hydrogen-bond acceptors (Lipinski definition) is 6. The molecule has 0 amide bonds. The van der Waals surface area contributed by atoms with Gasteiger partial charge in [-0.2, -0.15) is 0 Å². The van der Waals surface area contributed by atoms with Crippen molar-refractivity contribution >= 4 is 11.3 Å². The summed E-state index contributed by atoms with van der Waals surface area (Å²) in [6.45, 7) is 2.37. The fourth-order valence-corrected chi connectivity index (χ4v) is 2.26. The molecule has 5 nitrogen and oxygen atoms in total. The normalized spacial score (nSPS) is 14.7. The average Bonchev–Trinajstić information content (AvgIpc) is 2.80. The first-order chi connectivity index (χ1) is 9.50. The third kappa shape index (κ3) is 6.67. The summed E-state index contributed by atoms with van der Waals surface area (Å²) in [4.78, 5) is 5.27. The van der Waals surface area contributed by atoms with E-state index in [0.29, 0.717) is 6.61 Å². The third-order valence-corrected chi connectivity index (χ3v) is 3.65. The number of aromatic nitrogens is 1. The highest BCUT2D eigenvalue weighted by atomic mass is 32.1. The summed E-state index contributed by atoms with van der Waals surface area (Å²) in [5.74, 6) is 0. The van der Waals surface area contributed by atoms with Gasteiger partial charge in [-0.25, -0.2) is 13.8 Å². The predicted molar refractivity (Wildman–Crippen MR) is 72.3 cm³/mol. The maximum absolute atomic E-state index is 12.0. The Morgan fingerprint density at radius 2 is 2.15 bits per heavy atom. The van der Waals surface area contributed by atoms with Crippen LogP contribution in [0.5, 0.6) is 0 Å². The van der Waals surface area contributed by atoms with Gasteiger partial charge in [0.1, 0.15) is 6.10 Å². The van der Waals surface area contributed by atoms with Crippen molar-refractivity contribution in [2.24, 2.45) is 0 Å². The highest BCUT2D eigenvalue weighted by Crippen LogP contribution is 2.12. The molecule has 3 N–H and O–H groups in total. The van der Waals surface area contributed by atoms with Gasteiger partial charge in [0.25, 0.3) is 6.43 Å². The van der Waals surface area contributed by atoms with Crippen LogP contribution in [0.15, 0.2) is 5.51 Å². The Balaban J connectivity index is 2.03. The Morgan fingerprint density at radius 3 is 2.75 bits per heavy atom. The second-order valence-electron chi connectivity index (χ2n) is 4.40. The van der Waals surface area contributed by atoms with Crippen LogP contribution in [-0.2, 0) is 11.2 Å². The summed E-state index contributed by atoms with van der Waals surface area (Å²) in [7, 11) is 0. The predicted octanol–water partition coefficient (Wildman–Crippen LogP) is 0.587. The number of aryl methyl sites for hydroxylation is 1. The van der Waals surface area contributed by atoms with Gasteiger partial charge in [0.2, 0.25) is 0 Å². The molecule has 0 radical (unpaired) electrons. The number of ether oxygens (including phenoxy) is 1. The molecule has 0 spiro atoms. The summed E-state index contributed by atoms with van der Waals surface area (Å²) >= 11 is 1.56. The van der Waals surface area contributed by atoms with Crippen LogP contribution in [-0.4, -0.2) is 60.1 Å². The maximum Gasteiger partial charge on any atom is 0.265 e. The van der Waals surface area contributed by atoms with E-state index in [2.05, 4.69) is 10.3 Å². The van der Waals surface area contributed by atoms with Gasteiger partial charge in [-0.15, -0.1) is 11.3 Å². The molecule has 20 heavy (non-hydrogen) atoms. The van der Waals surface area contributed by atoms with Crippen molar-refractivity contribution < 1.29 is 23.7 Å². The smallest absolute Gasteiger partial charge is 0.265 e. The topological polar surface area (TPSA) is 74.6 Å². The molecule has 0 bridgehead atoms. The quantitative estimate of drug-likeness (QED) is 0.552. The van der Waals surface area contributed by atoms with Gasteiger partial charge in [-0.05, 0) is 6.92 Å². The van der Waals surface area contributed by atoms with Crippen LogP contribution in [0.25, 0.3) is 0 Å². The first-order valence-electron chi connectivity index (χ1n) is 6.32. The molecule has 8 heteroatoms. The Morgan fingerprint density at radius 1 is 1.40 bits per heavy atom. The standard InChI is InChI=1S/C12H20F2N2O3S/c1-8-11(20-7-16-8)2-3-19-6-9(17)4-15-5-10(18)12(13)14/h7,9-10,12,15,17-18H,2-6H2,1H3. The minimum absolute atomic E-state index is 0.101. The van der Waals surface area contributed by atoms with Gasteiger partial charge >= 0.3 is 0 Å². The lowest BCUT2D eigenvalue weighted by atomic mass is 10.3. The van der Waals surface area contributed by atoms with Crippen molar-refractivity contribution in [3.8, 4) is 0 Å². The lowest BCUT2D eigenvalue weighted by Crippen LogP contribution is -2.37. The third-order valence-electron chi connectivity index (χ3n) is 2.65. The zero-order chi connectivity index (χ0) is 15.0. The van der Waals surface area contributed by atoms with Crippen LogP contribution >= 0.6 is 11.3 Å². The lowest BCUT2D eigenvalue weighted by molar-refractivity contribution is -0.00734. The molecule has 1 aromatic rings. The number of hydrogen-bond donors (Lipinski definition) is 3. The number of aliphatic hydroxyl groups is 2. The zero-order valence-corrected chi connectivity index (χ0v) is 12.1. The van der Waals surface area contributed by atoms with E-state index < -0.39 is 18.6 Å². The molecule has 1 heterocycles. The molecule has 2 atom stereocenters. The first-order valence-corrected chi connectivity index (χ1v) is 7.20. The Labute approximate surface area is 120 Å². The number of aliphatic hydroxyl groups excluding tert-OH is 2. The lowest BCUT2D eigenvalue weighted by Gasteiger charge is -2.14. The molecular formula is C12H20F2N2O3S. The van der Waals surface area contributed by atoms with Crippen LogP contribution in [0.1, 0.15) is 10.6 Å². The number of nitrogens with zero attached hydrogens (tertiary/aromatic N) is 1. The monoisotopic (exact) mass is 310 g/mol. The van der Waals surface area contributed by atoms with Crippen molar-refractivity contribution in [2.75, 3.05) is 26.3 Å². The molecule has 0 aliphatic heterocycles. The van der Waals surface area contributed by atoms with Gasteiger partial charge in [-0.1, -0.05) is 0 Å². The van der Waals surface area contributed by atoms with Gasteiger partial charge < -0.3 is 20.3 Å². The van der Waals surface area contributed by atoms with E-state index in [-0.39, 0.29) is 19.7 Å². The average molecular weight is 310 g/mol. The highest BCUT2D eigenvalue weighted by Gasteiger charge is 2.16. The SMILES string of the molecule is Cc1ncsc1CCOCC(O)CNCC(O)C(F)F. The molecule has 0 saturated carbocycles. The van der Waals surface area contributed by atoms with Gasteiger partial charge in [0.05, 0.1) is 30.5 Å². The molecule has 0 aliphatic carbocycles. The van der Waals surface area contributed by atoms with E-state index >= 15 is 0 Å². The highest BCUT2D eigenvalue weighted by molar-refractivity contribution is 7.09. The minimum Gasteiger partial charge on any atom is -0.389 e. The molecule has 0 fully saturated rings. The molecular weight excluding hydrogens is 290 g/mol. The number of alkyl halides is 2. The van der Waals surface area contributed by atoms with Gasteiger partial charge in [0.15, 0.2) is 0 Å². The minimum atomic E-state index is -2.78. The number of halogens is 2. The van der Waals surface area contributed by atoms with Crippen LogP contribution in [0, 0.1) is 6.92 Å². The van der Waals surface area contributed by atoms with Crippen molar-refractivity contribution in [1.29, 1.82) is 0 Å². The second kappa shape index (κ2) is 9.30. The molecule has 1 rings (SSSR count). The summed E-state index contributed by atoms with van der Waals surface area (Å²) in [6, 6.07) is 0. The van der Waals surface area contributed by atoms with E-state index in [4.69, 9.17) is 9.84 Å². The molecule has 116 valence electrons. The molecule has 0 aromatic carbocycles. The molecule has 1 aromatic heterocycles. The fraction of sp³-hybridized carbons (Fsp3) is 0.750. The Bertz CT molecular complexity index is 379. The van der Waals surface area contributed by atoms with E-state index in [9.17, 15) is 13.9 Å². The molecule has 2 unspecified atom stereocenters. The summed E-state index contributed by atoms with van der Waals surface area (Å²) in [5.41, 5.74) is 2.76. The van der Waals surface area contributed by atoms with E-state index in [1.807, 2.05) is 6.92 Å². The zero-order valence-electron chi connectivity index (χ0n) is 11.3. The van der Waals surface area contributed by atoms with Crippen molar-refractivity contribution in [3.63, 3.8) is 0 Å². The molecule has 0 aliphatic rings. The van der Waals surface area contributed by atoms with E-state index in [1.54, 1.807) is 16.8 Å². The van der Waals surface area contributed by atoms with Crippen LogP contribution in [0.2, 0.25) is 0 Å². The van der Waals surface area contributed by atoms with E-state index in [0.717, 1.165) is 17.0 Å². The summed E-state index contributed by atoms with van der Waals surface area (Å²) < 4.78 is 29.3. The summed E-state index contributed by atoms with van der Waals surface area (Å²) in [5, 5.41) is 21.0. The van der Waals surface area contributed by atoms with Crippen molar-refractivity contribution in [3.05, 3.63) is 16.1 Å². The Kier molecular flexibility index (Phi) is 8.08. The fourth-order valence-electron chi connectivity index (χ4n) is 1.50. The number of thiazole rings is 1. The first kappa shape index (κ1) is 17.4. The van der Waals surface area contributed by atoms with Crippen molar-refractivity contribution in [1.82, 2.24) is 10.3 Å².